The number of thiophene rings is 1. The average Bonchev–Trinajstić information content (AvgIpc) is 3.04. The van der Waals surface area contributed by atoms with Gasteiger partial charge < -0.3 is 5.32 Å². The van der Waals surface area contributed by atoms with Crippen LogP contribution in [0.2, 0.25) is 0 Å². The molecule has 3 aromatic rings. The van der Waals surface area contributed by atoms with Crippen molar-refractivity contribution in [1.29, 1.82) is 0 Å². The molecule has 0 atom stereocenters. The number of nitrogens with one attached hydrogen (secondary N) is 1. The molecule has 4 rings (SSSR count). The first kappa shape index (κ1) is 20.5. The molecule has 0 spiro atoms. The Morgan fingerprint density at radius 2 is 1.77 bits per heavy atom. The standard InChI is InChI=1S/C25H25FN2OS/c1-16(2)13-18-9-7-17(8-10-18)11-12-19-14-21-24(20-5-3-4-6-22(20)26)27-15-23(29)28-25(21)30-19/h3-10,14,16H,11-13,15H2,1-2H3,(H,28,29). The topological polar surface area (TPSA) is 41.5 Å². The molecule has 30 heavy (non-hydrogen) atoms. The van der Waals surface area contributed by atoms with E-state index in [2.05, 4.69) is 48.4 Å². The van der Waals surface area contributed by atoms with Gasteiger partial charge in [0, 0.05) is 16.0 Å². The van der Waals surface area contributed by atoms with Gasteiger partial charge in [0.2, 0.25) is 5.91 Å². The Kier molecular flexibility index (Phi) is 6.09. The minimum Gasteiger partial charge on any atom is -0.316 e. The number of aliphatic imine (C=N–C) groups is 1. The van der Waals surface area contributed by atoms with Crippen molar-refractivity contribution >= 4 is 28.0 Å². The maximum atomic E-state index is 14.4. The maximum Gasteiger partial charge on any atom is 0.246 e. The normalized spacial score (nSPS) is 13.6. The molecule has 2 aromatic carbocycles. The summed E-state index contributed by atoms with van der Waals surface area (Å²) in [6.07, 6.45) is 2.87. The predicted octanol–water partition coefficient (Wildman–Crippen LogP) is 5.66. The smallest absolute Gasteiger partial charge is 0.246 e. The van der Waals surface area contributed by atoms with Crippen LogP contribution in [0.3, 0.4) is 0 Å². The van der Waals surface area contributed by atoms with Gasteiger partial charge in [-0.15, -0.1) is 11.3 Å². The number of hydrogen-bond donors (Lipinski definition) is 1. The highest BCUT2D eigenvalue weighted by Crippen LogP contribution is 2.33. The Balaban J connectivity index is 1.55. The van der Waals surface area contributed by atoms with Gasteiger partial charge >= 0.3 is 0 Å². The zero-order valence-electron chi connectivity index (χ0n) is 17.2. The first-order valence-electron chi connectivity index (χ1n) is 10.3. The molecule has 0 saturated heterocycles. The summed E-state index contributed by atoms with van der Waals surface area (Å²) in [5.41, 5.74) is 4.43. The van der Waals surface area contributed by atoms with E-state index < -0.39 is 0 Å². The lowest BCUT2D eigenvalue weighted by molar-refractivity contribution is -0.114. The van der Waals surface area contributed by atoms with Gasteiger partial charge in [-0.1, -0.05) is 50.2 Å². The highest BCUT2D eigenvalue weighted by Gasteiger charge is 2.22. The zero-order chi connectivity index (χ0) is 21.1. The van der Waals surface area contributed by atoms with Gasteiger partial charge in [0.15, 0.2) is 0 Å². The van der Waals surface area contributed by atoms with Gasteiger partial charge in [0.05, 0.1) is 5.71 Å². The van der Waals surface area contributed by atoms with Crippen molar-refractivity contribution in [3.8, 4) is 0 Å². The lowest BCUT2D eigenvalue weighted by Gasteiger charge is -2.06. The summed E-state index contributed by atoms with van der Waals surface area (Å²) in [6.45, 7) is 4.46. The van der Waals surface area contributed by atoms with Crippen LogP contribution in [0.1, 0.15) is 41.0 Å². The third-order valence-electron chi connectivity index (χ3n) is 5.13. The minimum absolute atomic E-state index is 0.00310. The van der Waals surface area contributed by atoms with Gasteiger partial charge in [-0.05, 0) is 54.5 Å². The third-order valence-corrected chi connectivity index (χ3v) is 6.24. The quantitative estimate of drug-likeness (QED) is 0.549. The number of rotatable bonds is 6. The first-order chi connectivity index (χ1) is 14.5. The molecular formula is C25H25FN2OS. The number of fused-ring (bicyclic) bond motifs is 1. The number of amides is 1. The average molecular weight is 421 g/mol. The molecule has 1 amide bonds. The number of anilines is 1. The van der Waals surface area contributed by atoms with E-state index in [9.17, 15) is 9.18 Å². The van der Waals surface area contributed by atoms with Crippen LogP contribution in [0.15, 0.2) is 59.6 Å². The van der Waals surface area contributed by atoms with Crippen molar-refractivity contribution in [2.24, 2.45) is 10.9 Å². The summed E-state index contributed by atoms with van der Waals surface area (Å²) in [7, 11) is 0. The van der Waals surface area contributed by atoms with E-state index >= 15 is 0 Å². The van der Waals surface area contributed by atoms with Gasteiger partial charge in [-0.2, -0.15) is 0 Å². The molecule has 1 aliphatic heterocycles. The summed E-state index contributed by atoms with van der Waals surface area (Å²) >= 11 is 1.55. The van der Waals surface area contributed by atoms with Gasteiger partial charge in [-0.25, -0.2) is 4.39 Å². The number of carbonyl (C=O) groups excluding carboxylic acids is 1. The predicted molar refractivity (Wildman–Crippen MR) is 122 cm³/mol. The fourth-order valence-electron chi connectivity index (χ4n) is 3.70. The number of halogens is 1. The minimum atomic E-state index is -0.328. The monoisotopic (exact) mass is 420 g/mol. The van der Waals surface area contributed by atoms with Crippen molar-refractivity contribution in [2.75, 3.05) is 11.9 Å². The molecule has 1 aromatic heterocycles. The zero-order valence-corrected chi connectivity index (χ0v) is 18.1. The fourth-order valence-corrected chi connectivity index (χ4v) is 4.77. The second kappa shape index (κ2) is 8.92. The van der Waals surface area contributed by atoms with Crippen LogP contribution in [0.4, 0.5) is 9.39 Å². The van der Waals surface area contributed by atoms with Crippen LogP contribution in [0, 0.1) is 11.7 Å². The Hall–Kier alpha value is -2.79. The Morgan fingerprint density at radius 1 is 1.03 bits per heavy atom. The summed E-state index contributed by atoms with van der Waals surface area (Å²) in [5, 5.41) is 3.68. The number of hydrogen-bond acceptors (Lipinski definition) is 3. The summed E-state index contributed by atoms with van der Waals surface area (Å²) in [4.78, 5) is 17.7. The number of aryl methyl sites for hydroxylation is 2. The largest absolute Gasteiger partial charge is 0.316 e. The van der Waals surface area contributed by atoms with E-state index in [4.69, 9.17) is 0 Å². The van der Waals surface area contributed by atoms with Crippen molar-refractivity contribution in [3.63, 3.8) is 0 Å². The molecule has 154 valence electrons. The molecule has 0 bridgehead atoms. The lowest BCUT2D eigenvalue weighted by Crippen LogP contribution is -2.12. The highest BCUT2D eigenvalue weighted by molar-refractivity contribution is 7.16. The molecule has 2 heterocycles. The van der Waals surface area contributed by atoms with Crippen molar-refractivity contribution < 1.29 is 9.18 Å². The number of carbonyl (C=O) groups is 1. The van der Waals surface area contributed by atoms with Crippen LogP contribution >= 0.6 is 11.3 Å². The molecule has 5 heteroatoms. The molecule has 1 N–H and O–H groups in total. The van der Waals surface area contributed by atoms with E-state index in [0.717, 1.165) is 34.7 Å². The van der Waals surface area contributed by atoms with E-state index in [1.807, 2.05) is 6.07 Å². The second-order valence-corrected chi connectivity index (χ2v) is 9.20. The van der Waals surface area contributed by atoms with Crippen molar-refractivity contribution in [3.05, 3.63) is 87.5 Å². The highest BCUT2D eigenvalue weighted by atomic mass is 32.1. The van der Waals surface area contributed by atoms with Crippen LogP contribution in [0.25, 0.3) is 0 Å². The second-order valence-electron chi connectivity index (χ2n) is 8.06. The molecule has 1 aliphatic rings. The Morgan fingerprint density at radius 3 is 2.50 bits per heavy atom. The molecule has 0 fully saturated rings. The van der Waals surface area contributed by atoms with Crippen molar-refractivity contribution in [1.82, 2.24) is 0 Å². The summed E-state index contributed by atoms with van der Waals surface area (Å²) in [5.74, 6) is 0.153. The van der Waals surface area contributed by atoms with Crippen LogP contribution in [-0.2, 0) is 24.1 Å². The Labute approximate surface area is 180 Å². The van der Waals surface area contributed by atoms with Crippen LogP contribution in [0.5, 0.6) is 0 Å². The van der Waals surface area contributed by atoms with Gasteiger partial charge in [-0.3, -0.25) is 9.79 Å². The van der Waals surface area contributed by atoms with Gasteiger partial charge in [0.25, 0.3) is 0 Å². The molecular weight excluding hydrogens is 395 g/mol. The summed E-state index contributed by atoms with van der Waals surface area (Å²) < 4.78 is 14.4. The molecule has 0 saturated carbocycles. The number of nitrogens with zero attached hydrogens (tertiary/aromatic N) is 1. The van der Waals surface area contributed by atoms with E-state index in [-0.39, 0.29) is 18.3 Å². The molecule has 0 unspecified atom stereocenters. The van der Waals surface area contributed by atoms with Crippen LogP contribution < -0.4 is 5.32 Å². The third kappa shape index (κ3) is 4.68. The first-order valence-corrected chi connectivity index (χ1v) is 11.1. The maximum absolute atomic E-state index is 14.4. The molecule has 0 aliphatic carbocycles. The fraction of sp³-hybridized carbons (Fsp3) is 0.280. The summed E-state index contributed by atoms with van der Waals surface area (Å²) in [6, 6.07) is 17.4. The van der Waals surface area contributed by atoms with Crippen LogP contribution in [-0.4, -0.2) is 18.2 Å². The van der Waals surface area contributed by atoms with E-state index in [1.54, 1.807) is 29.5 Å². The van der Waals surface area contributed by atoms with E-state index in [0.29, 0.717) is 17.2 Å². The number of benzene rings is 2. The van der Waals surface area contributed by atoms with E-state index in [1.165, 1.54) is 17.2 Å². The molecule has 0 radical (unpaired) electrons. The van der Waals surface area contributed by atoms with Crippen molar-refractivity contribution in [2.45, 2.75) is 33.1 Å². The molecule has 3 nitrogen and oxygen atoms in total. The lowest BCUT2D eigenvalue weighted by atomic mass is 10.00. The SMILES string of the molecule is CC(C)Cc1ccc(CCc2cc3c(s2)NC(=O)CN=C3c2ccccc2F)cc1. The van der Waals surface area contributed by atoms with Gasteiger partial charge in [0.1, 0.15) is 17.4 Å². The Bertz CT molecular complexity index is 1080.